The molecule has 0 saturated heterocycles. The van der Waals surface area contributed by atoms with Gasteiger partial charge in [-0.15, -0.1) is 0 Å². The lowest BCUT2D eigenvalue weighted by molar-refractivity contribution is -0.225. The number of aliphatic hydroxyl groups is 2. The van der Waals surface area contributed by atoms with Gasteiger partial charge in [-0.1, -0.05) is 113 Å². The Balaban J connectivity index is 0.000000227. The molecule has 0 heterocycles. The van der Waals surface area contributed by atoms with Gasteiger partial charge in [-0.3, -0.25) is 14.4 Å². The number of hydrogen-bond acceptors (Lipinski definition) is 12. The van der Waals surface area contributed by atoms with E-state index in [0.717, 1.165) is 50.5 Å². The Labute approximate surface area is 502 Å². The van der Waals surface area contributed by atoms with Gasteiger partial charge in [0.1, 0.15) is 17.1 Å². The average Bonchev–Trinajstić information content (AvgIpc) is 0.827. The van der Waals surface area contributed by atoms with E-state index in [2.05, 4.69) is 122 Å². The van der Waals surface area contributed by atoms with Gasteiger partial charge in [0, 0.05) is 6.42 Å². The van der Waals surface area contributed by atoms with E-state index in [1.54, 1.807) is 19.1 Å². The number of aromatic hydroxyl groups is 1. The van der Waals surface area contributed by atoms with Crippen molar-refractivity contribution in [2.45, 2.75) is 210 Å². The number of phenols is 1. The monoisotopic (exact) mass is 1200 g/mol. The average molecular weight is 1200 g/mol. The van der Waals surface area contributed by atoms with Crippen LogP contribution in [-0.4, -0.2) is 68.8 Å². The zero-order valence-corrected chi connectivity index (χ0v) is 53.4. The van der Waals surface area contributed by atoms with E-state index >= 15 is 0 Å². The Bertz CT molecular complexity index is 2860. The Morgan fingerprint density at radius 2 is 1.04 bits per heavy atom. The zero-order chi connectivity index (χ0) is 63.1. The standard InChI is InChI=1S/C18H15S.C16H26O3.C13H20O.C12H16O3.C9H16F2O5S/c1-4-10-16(11-5-1)19(17-12-6-2-7-13-17)18-14-8-3-9-15-18;1-4-14(2,3)13(17)19-16-8-11-5-12(9-16)7-15(18,6-11)10-16;1-5-10(2)11-6-8-12(9-7-11)13(3,4)14;1-4-12(2,3)11(14)15-10-7-5-9(13)6-8-10;1-5-8(3,4)7(12)16-6(2)9(10,11)17(13,14)15/h1-15H;11-12,18H,4-10H2,1-3H3;6-10,14H,5H2,1-4H3;5-8,13H,4H2,1-3H3;6H,5H2,1-4H3,(H,13,14,15)/q+1;;;;/p-1. The van der Waals surface area contributed by atoms with Crippen molar-refractivity contribution in [3.8, 4) is 11.5 Å². The molecule has 3 N–H and O–H groups in total. The second-order valence-corrected chi connectivity index (χ2v) is 28.6. The van der Waals surface area contributed by atoms with Gasteiger partial charge in [-0.05, 0) is 210 Å². The van der Waals surface area contributed by atoms with Gasteiger partial charge in [0.25, 0.3) is 0 Å². The van der Waals surface area contributed by atoms with Crippen LogP contribution in [0, 0.1) is 28.1 Å². The number of carbonyl (C=O) groups is 3. The molecule has 4 unspecified atom stereocenters. The molecule has 5 aromatic rings. The van der Waals surface area contributed by atoms with E-state index < -0.39 is 54.9 Å². The van der Waals surface area contributed by atoms with Crippen molar-refractivity contribution in [1.29, 1.82) is 0 Å². The molecular formula is C68H92F2O12S2. The summed E-state index contributed by atoms with van der Waals surface area (Å²) >= 11 is 0. The van der Waals surface area contributed by atoms with E-state index in [1.807, 2.05) is 67.5 Å². The zero-order valence-electron chi connectivity index (χ0n) is 51.7. The molecule has 0 amide bonds. The Morgan fingerprint density at radius 3 is 1.40 bits per heavy atom. The summed E-state index contributed by atoms with van der Waals surface area (Å²) in [4.78, 5) is 39.6. The number of alkyl halides is 2. The minimum absolute atomic E-state index is 0.0146. The number of carbonyl (C=O) groups excluding carboxylic acids is 3. The number of phenolic OH excluding ortho intramolecular Hbond substituents is 1. The molecule has 4 fully saturated rings. The van der Waals surface area contributed by atoms with Crippen LogP contribution in [0.25, 0.3) is 0 Å². The van der Waals surface area contributed by atoms with Crippen molar-refractivity contribution in [3.63, 3.8) is 0 Å². The third-order valence-electron chi connectivity index (χ3n) is 16.5. The summed E-state index contributed by atoms with van der Waals surface area (Å²) in [6.07, 6.45) is 6.34. The number of esters is 3. The maximum Gasteiger partial charge on any atom is 0.369 e. The summed E-state index contributed by atoms with van der Waals surface area (Å²) in [6.45, 7) is 24.8. The number of ether oxygens (including phenoxy) is 3. The topological polar surface area (TPSA) is 197 Å². The summed E-state index contributed by atoms with van der Waals surface area (Å²) in [5, 5.41) is 24.8. The highest BCUT2D eigenvalue weighted by molar-refractivity contribution is 7.97. The van der Waals surface area contributed by atoms with Crippen LogP contribution in [0.3, 0.4) is 0 Å². The number of benzene rings is 5. The maximum atomic E-state index is 13.0. The second kappa shape index (κ2) is 29.6. The summed E-state index contributed by atoms with van der Waals surface area (Å²) < 4.78 is 72.4. The number of rotatable bonds is 17. The molecule has 84 heavy (non-hydrogen) atoms. The molecular weight excluding hydrogens is 1110 g/mol. The van der Waals surface area contributed by atoms with Crippen LogP contribution in [0.15, 0.2) is 154 Å². The second-order valence-electron chi connectivity index (χ2n) is 25.2. The highest BCUT2D eigenvalue weighted by Gasteiger charge is 2.59. The van der Waals surface area contributed by atoms with Crippen molar-refractivity contribution < 1.29 is 65.7 Å². The summed E-state index contributed by atoms with van der Waals surface area (Å²) in [6, 6.07) is 46.5. The van der Waals surface area contributed by atoms with E-state index in [0.29, 0.717) is 43.3 Å². The van der Waals surface area contributed by atoms with Gasteiger partial charge < -0.3 is 34.1 Å². The van der Waals surface area contributed by atoms with Crippen molar-refractivity contribution in [2.75, 3.05) is 0 Å². The molecule has 4 aliphatic rings. The lowest BCUT2D eigenvalue weighted by atomic mass is 9.52. The molecule has 4 atom stereocenters. The summed E-state index contributed by atoms with van der Waals surface area (Å²) in [5.41, 5.74) is -1.22. The van der Waals surface area contributed by atoms with E-state index in [1.165, 1.54) is 52.7 Å². The van der Waals surface area contributed by atoms with Crippen molar-refractivity contribution >= 4 is 38.9 Å². The van der Waals surface area contributed by atoms with Crippen LogP contribution in [-0.2, 0) is 50.5 Å². The molecule has 0 spiro atoms. The van der Waals surface area contributed by atoms with Crippen molar-refractivity contribution in [2.24, 2.45) is 28.1 Å². The Hall–Kier alpha value is -5.65. The maximum absolute atomic E-state index is 13.0. The number of halogens is 2. The Kier molecular flexibility index (Phi) is 25.0. The largest absolute Gasteiger partial charge is 0.743 e. The third-order valence-corrected chi connectivity index (χ3v) is 19.7. The third kappa shape index (κ3) is 20.0. The normalized spacial score (nSPS) is 19.9. The fraction of sp³-hybridized carbons (Fsp3) is 0.515. The molecule has 16 heteroatoms. The first-order valence-electron chi connectivity index (χ1n) is 29.2. The Morgan fingerprint density at radius 1 is 0.631 bits per heavy atom. The van der Waals surface area contributed by atoms with Crippen LogP contribution in [0.4, 0.5) is 8.78 Å². The first-order chi connectivity index (χ1) is 39.0. The minimum Gasteiger partial charge on any atom is -0.743 e. The van der Waals surface area contributed by atoms with E-state index in [4.69, 9.17) is 14.6 Å². The van der Waals surface area contributed by atoms with Gasteiger partial charge in [-0.25, -0.2) is 8.42 Å². The molecule has 9 rings (SSSR count). The predicted octanol–water partition coefficient (Wildman–Crippen LogP) is 15.5. The smallest absolute Gasteiger partial charge is 0.369 e. The summed E-state index contributed by atoms with van der Waals surface area (Å²) in [5.74, 6) is 1.02. The first kappa shape index (κ1) is 70.8. The van der Waals surface area contributed by atoms with E-state index in [-0.39, 0.29) is 34.2 Å². The predicted molar refractivity (Wildman–Crippen MR) is 326 cm³/mol. The van der Waals surface area contributed by atoms with Gasteiger partial charge in [0.15, 0.2) is 30.9 Å². The fourth-order valence-electron chi connectivity index (χ4n) is 9.90. The molecule has 5 aromatic carbocycles. The first-order valence-corrected chi connectivity index (χ1v) is 31.8. The van der Waals surface area contributed by atoms with Gasteiger partial charge in [0.2, 0.25) is 0 Å². The van der Waals surface area contributed by atoms with Crippen LogP contribution < -0.4 is 4.74 Å². The van der Waals surface area contributed by atoms with Gasteiger partial charge in [-0.2, -0.15) is 8.78 Å². The highest BCUT2D eigenvalue weighted by atomic mass is 32.2. The van der Waals surface area contributed by atoms with Crippen molar-refractivity contribution in [1.82, 2.24) is 0 Å². The molecule has 12 nitrogen and oxygen atoms in total. The molecule has 4 saturated carbocycles. The molecule has 0 radical (unpaired) electrons. The fourth-order valence-corrected chi connectivity index (χ4v) is 12.5. The molecule has 4 bridgehead atoms. The SMILES string of the molecule is CCC(C)(C)C(=O)OC(C)C(F)(F)S(=O)(=O)[O-].CCC(C)(C)C(=O)OC12CC3CC(CC(O)(C3)C1)C2.CCC(C)(C)C(=O)Oc1ccc(O)cc1.CCC(C)c1ccc(C(C)(C)O)cc1.c1ccc([S+](c2ccccc2)c2ccccc2)cc1. The van der Waals surface area contributed by atoms with Crippen molar-refractivity contribution in [3.05, 3.63) is 151 Å². The molecule has 462 valence electrons. The van der Waals surface area contributed by atoms with Crippen LogP contribution in [0.2, 0.25) is 0 Å². The quantitative estimate of drug-likeness (QED) is 0.0345. The van der Waals surface area contributed by atoms with Crippen LogP contribution >= 0.6 is 0 Å². The lowest BCUT2D eigenvalue weighted by Gasteiger charge is -2.59. The molecule has 0 aromatic heterocycles. The van der Waals surface area contributed by atoms with Gasteiger partial charge >= 0.3 is 23.2 Å². The molecule has 0 aliphatic heterocycles. The minimum atomic E-state index is -5.86. The van der Waals surface area contributed by atoms with Gasteiger partial charge in [0.05, 0.1) is 38.3 Å². The number of hydrogen-bond donors (Lipinski definition) is 3. The lowest BCUT2D eigenvalue weighted by Crippen LogP contribution is -2.61. The summed E-state index contributed by atoms with van der Waals surface area (Å²) in [7, 11) is -5.87. The van der Waals surface area contributed by atoms with E-state index in [9.17, 15) is 46.3 Å². The van der Waals surface area contributed by atoms with Crippen LogP contribution in [0.1, 0.15) is 178 Å². The highest BCUT2D eigenvalue weighted by Crippen LogP contribution is 2.59. The molecule has 4 aliphatic carbocycles. The van der Waals surface area contributed by atoms with Crippen LogP contribution in [0.5, 0.6) is 11.5 Å².